The van der Waals surface area contributed by atoms with Crippen LogP contribution in [0.3, 0.4) is 0 Å². The fourth-order valence-electron chi connectivity index (χ4n) is 2.85. The monoisotopic (exact) mass is 377 g/mol. The number of rotatable bonds is 10. The normalized spacial score (nSPS) is 10.4. The molecule has 4 nitrogen and oxygen atoms in total. The number of hydrogen-bond donors (Lipinski definition) is 1. The SMILES string of the molecule is Cc1ccc(OCCNc2cccc(OCCOc3ccccc3)c2)c(C)c1. The van der Waals surface area contributed by atoms with Gasteiger partial charge in [-0.15, -0.1) is 0 Å². The van der Waals surface area contributed by atoms with Crippen molar-refractivity contribution in [2.75, 3.05) is 31.7 Å². The summed E-state index contributed by atoms with van der Waals surface area (Å²) in [4.78, 5) is 0. The van der Waals surface area contributed by atoms with E-state index in [1.165, 1.54) is 5.56 Å². The number of benzene rings is 3. The molecule has 0 saturated heterocycles. The number of hydrogen-bond acceptors (Lipinski definition) is 4. The molecule has 146 valence electrons. The van der Waals surface area contributed by atoms with Gasteiger partial charge in [-0.25, -0.2) is 0 Å². The highest BCUT2D eigenvalue weighted by Crippen LogP contribution is 2.19. The fourth-order valence-corrected chi connectivity index (χ4v) is 2.85. The maximum absolute atomic E-state index is 5.85. The summed E-state index contributed by atoms with van der Waals surface area (Å²) >= 11 is 0. The van der Waals surface area contributed by atoms with Gasteiger partial charge in [0.15, 0.2) is 0 Å². The third-order valence-electron chi connectivity index (χ3n) is 4.22. The zero-order chi connectivity index (χ0) is 19.6. The Balaban J connectivity index is 1.38. The summed E-state index contributed by atoms with van der Waals surface area (Å²) in [5, 5.41) is 3.37. The Morgan fingerprint density at radius 1 is 0.679 bits per heavy atom. The molecule has 0 aliphatic rings. The molecule has 1 N–H and O–H groups in total. The molecule has 0 saturated carbocycles. The van der Waals surface area contributed by atoms with Crippen LogP contribution in [0.1, 0.15) is 11.1 Å². The first-order valence-corrected chi connectivity index (χ1v) is 9.55. The third kappa shape index (κ3) is 6.23. The van der Waals surface area contributed by atoms with Gasteiger partial charge in [0, 0.05) is 18.3 Å². The Morgan fingerprint density at radius 2 is 1.43 bits per heavy atom. The predicted octanol–water partition coefficient (Wildman–Crippen LogP) is 5.25. The first-order valence-electron chi connectivity index (χ1n) is 9.55. The van der Waals surface area contributed by atoms with Crippen molar-refractivity contribution < 1.29 is 14.2 Å². The summed E-state index contributed by atoms with van der Waals surface area (Å²) in [6.07, 6.45) is 0. The number of anilines is 1. The lowest BCUT2D eigenvalue weighted by atomic mass is 10.1. The fraction of sp³-hybridized carbons (Fsp3) is 0.250. The van der Waals surface area contributed by atoms with Crippen molar-refractivity contribution in [2.24, 2.45) is 0 Å². The Kier molecular flexibility index (Phi) is 7.19. The van der Waals surface area contributed by atoms with Crippen LogP contribution in [0.5, 0.6) is 17.2 Å². The van der Waals surface area contributed by atoms with E-state index in [0.717, 1.165) is 28.5 Å². The van der Waals surface area contributed by atoms with Gasteiger partial charge in [0.25, 0.3) is 0 Å². The smallest absolute Gasteiger partial charge is 0.122 e. The van der Waals surface area contributed by atoms with Gasteiger partial charge in [-0.2, -0.15) is 0 Å². The Morgan fingerprint density at radius 3 is 2.21 bits per heavy atom. The average Bonchev–Trinajstić information content (AvgIpc) is 2.71. The van der Waals surface area contributed by atoms with Crippen LogP contribution in [-0.2, 0) is 0 Å². The van der Waals surface area contributed by atoms with Gasteiger partial charge < -0.3 is 19.5 Å². The van der Waals surface area contributed by atoms with E-state index < -0.39 is 0 Å². The molecule has 3 aromatic rings. The van der Waals surface area contributed by atoms with Crippen molar-refractivity contribution in [3.8, 4) is 17.2 Å². The lowest BCUT2D eigenvalue weighted by Crippen LogP contribution is -2.12. The van der Waals surface area contributed by atoms with E-state index in [1.54, 1.807) is 0 Å². The van der Waals surface area contributed by atoms with Crippen molar-refractivity contribution in [2.45, 2.75) is 13.8 Å². The topological polar surface area (TPSA) is 39.7 Å². The number of nitrogens with one attached hydrogen (secondary N) is 1. The van der Waals surface area contributed by atoms with Gasteiger partial charge >= 0.3 is 0 Å². The molecule has 0 fully saturated rings. The van der Waals surface area contributed by atoms with Crippen molar-refractivity contribution in [1.29, 1.82) is 0 Å². The van der Waals surface area contributed by atoms with E-state index in [0.29, 0.717) is 26.4 Å². The van der Waals surface area contributed by atoms with E-state index in [2.05, 4.69) is 31.3 Å². The second-order valence-electron chi connectivity index (χ2n) is 6.58. The maximum atomic E-state index is 5.85. The second kappa shape index (κ2) is 10.3. The second-order valence-corrected chi connectivity index (χ2v) is 6.58. The summed E-state index contributed by atoms with van der Waals surface area (Å²) in [6.45, 7) is 6.46. The van der Waals surface area contributed by atoms with Crippen LogP contribution in [0.15, 0.2) is 72.8 Å². The van der Waals surface area contributed by atoms with Crippen LogP contribution in [0, 0.1) is 13.8 Å². The maximum Gasteiger partial charge on any atom is 0.122 e. The zero-order valence-electron chi connectivity index (χ0n) is 16.5. The Hall–Kier alpha value is -3.14. The van der Waals surface area contributed by atoms with Gasteiger partial charge in [-0.3, -0.25) is 0 Å². The molecule has 0 aliphatic carbocycles. The van der Waals surface area contributed by atoms with Crippen LogP contribution >= 0.6 is 0 Å². The van der Waals surface area contributed by atoms with Crippen LogP contribution in [-0.4, -0.2) is 26.4 Å². The summed E-state index contributed by atoms with van der Waals surface area (Å²) in [7, 11) is 0. The molecular formula is C24H27NO3. The minimum absolute atomic E-state index is 0.494. The quantitative estimate of drug-likeness (QED) is 0.490. The molecule has 0 unspecified atom stereocenters. The molecule has 0 atom stereocenters. The molecule has 0 bridgehead atoms. The molecule has 0 amide bonds. The van der Waals surface area contributed by atoms with E-state index >= 15 is 0 Å². The van der Waals surface area contributed by atoms with Crippen LogP contribution < -0.4 is 19.5 Å². The summed E-state index contributed by atoms with van der Waals surface area (Å²) < 4.78 is 17.3. The Bertz CT molecular complexity index is 865. The van der Waals surface area contributed by atoms with Crippen LogP contribution in [0.25, 0.3) is 0 Å². The molecular weight excluding hydrogens is 350 g/mol. The lowest BCUT2D eigenvalue weighted by Gasteiger charge is -2.12. The molecule has 28 heavy (non-hydrogen) atoms. The molecule has 0 spiro atoms. The van der Waals surface area contributed by atoms with Crippen molar-refractivity contribution in [1.82, 2.24) is 0 Å². The zero-order valence-corrected chi connectivity index (χ0v) is 16.5. The number of aryl methyl sites for hydroxylation is 2. The van der Waals surface area contributed by atoms with Gasteiger partial charge in [-0.05, 0) is 49.7 Å². The molecule has 0 aromatic heterocycles. The number of para-hydroxylation sites is 1. The van der Waals surface area contributed by atoms with E-state index in [1.807, 2.05) is 60.7 Å². The Labute approximate surface area is 167 Å². The lowest BCUT2D eigenvalue weighted by molar-refractivity contribution is 0.217. The van der Waals surface area contributed by atoms with E-state index in [-0.39, 0.29) is 0 Å². The highest BCUT2D eigenvalue weighted by molar-refractivity contribution is 5.48. The van der Waals surface area contributed by atoms with Gasteiger partial charge in [0.05, 0.1) is 0 Å². The standard InChI is InChI=1S/C24H27NO3/c1-19-11-12-24(20(2)17-19)28-14-13-25-21-7-6-10-23(18-21)27-16-15-26-22-8-4-3-5-9-22/h3-12,17-18,25H,13-16H2,1-2H3. The minimum Gasteiger partial charge on any atom is -0.491 e. The molecule has 3 rings (SSSR count). The third-order valence-corrected chi connectivity index (χ3v) is 4.22. The van der Waals surface area contributed by atoms with Crippen LogP contribution in [0.4, 0.5) is 5.69 Å². The van der Waals surface area contributed by atoms with Gasteiger partial charge in [0.1, 0.15) is 37.1 Å². The summed E-state index contributed by atoms with van der Waals surface area (Å²) in [5.74, 6) is 2.60. The molecule has 4 heteroatoms. The highest BCUT2D eigenvalue weighted by Gasteiger charge is 2.01. The average molecular weight is 377 g/mol. The largest absolute Gasteiger partial charge is 0.491 e. The molecule has 0 aliphatic heterocycles. The molecule has 0 radical (unpaired) electrons. The molecule has 0 heterocycles. The number of ether oxygens (including phenoxy) is 3. The van der Waals surface area contributed by atoms with E-state index in [4.69, 9.17) is 14.2 Å². The van der Waals surface area contributed by atoms with Gasteiger partial charge in [0.2, 0.25) is 0 Å². The van der Waals surface area contributed by atoms with Crippen molar-refractivity contribution in [3.05, 3.63) is 83.9 Å². The predicted molar refractivity (Wildman–Crippen MR) is 114 cm³/mol. The van der Waals surface area contributed by atoms with Crippen LogP contribution in [0.2, 0.25) is 0 Å². The summed E-state index contributed by atoms with van der Waals surface area (Å²) in [6, 6.07) is 23.9. The highest BCUT2D eigenvalue weighted by atomic mass is 16.5. The first kappa shape index (κ1) is 19.6. The van der Waals surface area contributed by atoms with Crippen molar-refractivity contribution >= 4 is 5.69 Å². The minimum atomic E-state index is 0.494. The molecule has 3 aromatic carbocycles. The summed E-state index contributed by atoms with van der Waals surface area (Å²) in [5.41, 5.74) is 3.41. The van der Waals surface area contributed by atoms with E-state index in [9.17, 15) is 0 Å². The van der Waals surface area contributed by atoms with Gasteiger partial charge in [-0.1, -0.05) is 42.0 Å². The first-order chi connectivity index (χ1) is 13.7. The van der Waals surface area contributed by atoms with Crippen molar-refractivity contribution in [3.63, 3.8) is 0 Å².